The van der Waals surface area contributed by atoms with Crippen LogP contribution in [0.3, 0.4) is 0 Å². The quantitative estimate of drug-likeness (QED) is 0.769. The number of rotatable bonds is 8. The molecule has 0 fully saturated rings. The third kappa shape index (κ3) is 5.18. The number of nitrogens with two attached hydrogens (primary N) is 1. The molecule has 0 radical (unpaired) electrons. The van der Waals surface area contributed by atoms with Gasteiger partial charge in [0.05, 0.1) is 28.4 Å². The maximum absolute atomic E-state index is 6.30. The first kappa shape index (κ1) is 20.9. The van der Waals surface area contributed by atoms with Gasteiger partial charge in [0.25, 0.3) is 0 Å². The lowest BCUT2D eigenvalue weighted by molar-refractivity contribution is 0.323. The molecule has 2 rings (SSSR count). The van der Waals surface area contributed by atoms with Gasteiger partial charge in [-0.1, -0.05) is 12.1 Å². The summed E-state index contributed by atoms with van der Waals surface area (Å²) in [7, 11) is 6.48. The molecule has 0 heterocycles. The molecule has 0 aromatic heterocycles. The maximum atomic E-state index is 6.30. The molecule has 2 aromatic rings. The minimum Gasteiger partial charge on any atom is -0.497 e. The Morgan fingerprint density at radius 2 is 1.40 bits per heavy atom. The molecule has 2 aromatic carbocycles. The molecule has 25 heavy (non-hydrogen) atoms. The Bertz CT molecular complexity index is 636. The third-order valence-corrected chi connectivity index (χ3v) is 4.01. The van der Waals surface area contributed by atoms with E-state index in [1.165, 1.54) is 0 Å². The fourth-order valence-electron chi connectivity index (χ4n) is 2.62. The van der Waals surface area contributed by atoms with Gasteiger partial charge in [0.1, 0.15) is 5.75 Å². The van der Waals surface area contributed by atoms with E-state index < -0.39 is 0 Å². The number of benzene rings is 2. The van der Waals surface area contributed by atoms with Gasteiger partial charge < -0.3 is 24.7 Å². The largest absolute Gasteiger partial charge is 0.497 e. The van der Waals surface area contributed by atoms with Gasteiger partial charge in [-0.3, -0.25) is 0 Å². The Morgan fingerprint density at radius 3 is 1.84 bits per heavy atom. The fraction of sp³-hybridized carbons (Fsp3) is 0.368. The molecule has 0 amide bonds. The summed E-state index contributed by atoms with van der Waals surface area (Å²) in [5, 5.41) is 0. The van der Waals surface area contributed by atoms with Crippen LogP contribution in [0.25, 0.3) is 0 Å². The van der Waals surface area contributed by atoms with Gasteiger partial charge in [-0.05, 0) is 48.2 Å². The number of hydrogen-bond donors (Lipinski definition) is 1. The SMILES string of the molecule is COc1ccc(C(N)CCc2cc(OC)c(OC)c(OC)c2)cc1.Cl. The molecule has 0 aliphatic carbocycles. The number of aryl methyl sites for hydroxylation is 1. The van der Waals surface area contributed by atoms with Crippen LogP contribution in [0.5, 0.6) is 23.0 Å². The van der Waals surface area contributed by atoms with Crippen LogP contribution in [0, 0.1) is 0 Å². The molecule has 1 atom stereocenters. The summed E-state index contributed by atoms with van der Waals surface area (Å²) in [5.74, 6) is 2.74. The van der Waals surface area contributed by atoms with Crippen molar-refractivity contribution in [2.75, 3.05) is 28.4 Å². The van der Waals surface area contributed by atoms with Crippen LogP contribution in [0.1, 0.15) is 23.6 Å². The lowest BCUT2D eigenvalue weighted by atomic mass is 9.99. The average molecular weight is 368 g/mol. The Morgan fingerprint density at radius 1 is 0.840 bits per heavy atom. The Hall–Kier alpha value is -2.11. The highest BCUT2D eigenvalue weighted by molar-refractivity contribution is 5.85. The van der Waals surface area contributed by atoms with E-state index in [9.17, 15) is 0 Å². The van der Waals surface area contributed by atoms with Gasteiger partial charge in [0.15, 0.2) is 11.5 Å². The van der Waals surface area contributed by atoms with E-state index in [2.05, 4.69) is 0 Å². The molecular formula is C19H26ClNO4. The first-order chi connectivity index (χ1) is 11.6. The lowest BCUT2D eigenvalue weighted by Gasteiger charge is -2.16. The predicted octanol–water partition coefficient (Wildman–Crippen LogP) is 3.78. The molecule has 1 unspecified atom stereocenters. The molecule has 0 spiro atoms. The monoisotopic (exact) mass is 367 g/mol. The zero-order chi connectivity index (χ0) is 17.5. The highest BCUT2D eigenvalue weighted by atomic mass is 35.5. The lowest BCUT2D eigenvalue weighted by Crippen LogP contribution is -2.11. The van der Waals surface area contributed by atoms with Gasteiger partial charge in [0, 0.05) is 6.04 Å². The van der Waals surface area contributed by atoms with Crippen molar-refractivity contribution < 1.29 is 18.9 Å². The number of methoxy groups -OCH3 is 4. The second-order valence-corrected chi connectivity index (χ2v) is 5.45. The summed E-state index contributed by atoms with van der Waals surface area (Å²) < 4.78 is 21.3. The Kier molecular flexibility index (Phi) is 8.38. The van der Waals surface area contributed by atoms with Crippen molar-refractivity contribution in [3.63, 3.8) is 0 Å². The van der Waals surface area contributed by atoms with Crippen LogP contribution in [0.15, 0.2) is 36.4 Å². The van der Waals surface area contributed by atoms with Crippen molar-refractivity contribution in [3.05, 3.63) is 47.5 Å². The Labute approximate surface area is 155 Å². The highest BCUT2D eigenvalue weighted by Gasteiger charge is 2.14. The molecule has 0 aliphatic rings. The van der Waals surface area contributed by atoms with Gasteiger partial charge in [-0.25, -0.2) is 0 Å². The van der Waals surface area contributed by atoms with Gasteiger partial charge in [-0.15, -0.1) is 12.4 Å². The minimum absolute atomic E-state index is 0. The Balaban J connectivity index is 0.00000312. The van der Waals surface area contributed by atoms with E-state index in [4.69, 9.17) is 24.7 Å². The standard InChI is InChI=1S/C19H25NO4.ClH/c1-21-15-8-6-14(7-9-15)16(20)10-5-13-11-17(22-2)19(24-4)18(12-13)23-3;/h6-9,11-12,16H,5,10,20H2,1-4H3;1H. The van der Waals surface area contributed by atoms with Crippen molar-refractivity contribution in [1.29, 1.82) is 0 Å². The first-order valence-electron chi connectivity index (χ1n) is 7.81. The maximum Gasteiger partial charge on any atom is 0.203 e. The summed E-state index contributed by atoms with van der Waals surface area (Å²) in [4.78, 5) is 0. The molecule has 0 saturated heterocycles. The first-order valence-corrected chi connectivity index (χ1v) is 7.81. The second-order valence-electron chi connectivity index (χ2n) is 5.45. The van der Waals surface area contributed by atoms with E-state index in [1.807, 2.05) is 36.4 Å². The highest BCUT2D eigenvalue weighted by Crippen LogP contribution is 2.38. The average Bonchev–Trinajstić information content (AvgIpc) is 2.65. The molecule has 0 saturated carbocycles. The normalized spacial score (nSPS) is 11.2. The van der Waals surface area contributed by atoms with E-state index in [0.29, 0.717) is 17.2 Å². The van der Waals surface area contributed by atoms with E-state index in [-0.39, 0.29) is 18.4 Å². The van der Waals surface area contributed by atoms with E-state index in [0.717, 1.165) is 29.7 Å². The predicted molar refractivity (Wildman–Crippen MR) is 102 cm³/mol. The molecule has 0 bridgehead atoms. The topological polar surface area (TPSA) is 62.9 Å². The smallest absolute Gasteiger partial charge is 0.203 e. The number of halogens is 1. The molecule has 0 aliphatic heterocycles. The van der Waals surface area contributed by atoms with Crippen LogP contribution >= 0.6 is 12.4 Å². The van der Waals surface area contributed by atoms with Crippen LogP contribution in [0.2, 0.25) is 0 Å². The minimum atomic E-state index is -0.0463. The van der Waals surface area contributed by atoms with Gasteiger partial charge in [-0.2, -0.15) is 0 Å². The van der Waals surface area contributed by atoms with Gasteiger partial charge >= 0.3 is 0 Å². The summed E-state index contributed by atoms with van der Waals surface area (Å²) in [6.07, 6.45) is 1.62. The molecule has 138 valence electrons. The summed E-state index contributed by atoms with van der Waals surface area (Å²) in [5.41, 5.74) is 8.48. The van der Waals surface area contributed by atoms with Crippen molar-refractivity contribution in [2.24, 2.45) is 5.73 Å². The van der Waals surface area contributed by atoms with Crippen molar-refractivity contribution >= 4 is 12.4 Å². The second kappa shape index (κ2) is 10.0. The zero-order valence-corrected chi connectivity index (χ0v) is 15.9. The van der Waals surface area contributed by atoms with Crippen LogP contribution < -0.4 is 24.7 Å². The summed E-state index contributed by atoms with van der Waals surface area (Å²) in [6, 6.07) is 11.7. The van der Waals surface area contributed by atoms with Crippen molar-refractivity contribution in [2.45, 2.75) is 18.9 Å². The number of ether oxygens (including phenoxy) is 4. The molecule has 5 nitrogen and oxygen atoms in total. The third-order valence-electron chi connectivity index (χ3n) is 4.01. The molecule has 6 heteroatoms. The number of hydrogen-bond acceptors (Lipinski definition) is 5. The fourth-order valence-corrected chi connectivity index (χ4v) is 2.62. The van der Waals surface area contributed by atoms with Crippen molar-refractivity contribution in [3.8, 4) is 23.0 Å². The van der Waals surface area contributed by atoms with Crippen LogP contribution in [0.4, 0.5) is 0 Å². The summed E-state index contributed by atoms with van der Waals surface area (Å²) >= 11 is 0. The zero-order valence-electron chi connectivity index (χ0n) is 15.1. The van der Waals surface area contributed by atoms with E-state index >= 15 is 0 Å². The van der Waals surface area contributed by atoms with Crippen LogP contribution in [-0.4, -0.2) is 28.4 Å². The van der Waals surface area contributed by atoms with Gasteiger partial charge in [0.2, 0.25) is 5.75 Å². The van der Waals surface area contributed by atoms with Crippen molar-refractivity contribution in [1.82, 2.24) is 0 Å². The summed E-state index contributed by atoms with van der Waals surface area (Å²) in [6.45, 7) is 0. The van der Waals surface area contributed by atoms with E-state index in [1.54, 1.807) is 28.4 Å². The molecular weight excluding hydrogens is 342 g/mol. The molecule has 2 N–H and O–H groups in total. The van der Waals surface area contributed by atoms with Crippen LogP contribution in [-0.2, 0) is 6.42 Å².